The van der Waals surface area contributed by atoms with Gasteiger partial charge in [0.1, 0.15) is 0 Å². The molecule has 12 heavy (non-hydrogen) atoms. The van der Waals surface area contributed by atoms with Crippen LogP contribution in [0.3, 0.4) is 0 Å². The van der Waals surface area contributed by atoms with Gasteiger partial charge in [-0.25, -0.2) is 13.2 Å². The van der Waals surface area contributed by atoms with Crippen LogP contribution in [0.25, 0.3) is 0 Å². The van der Waals surface area contributed by atoms with E-state index in [0.29, 0.717) is 0 Å². The quantitative estimate of drug-likeness (QED) is 0.515. The SMILES string of the molecule is FC(Cl)=C(F)C(F)(Cl)C(F)(Cl)Cl. The van der Waals surface area contributed by atoms with E-state index in [9.17, 15) is 17.6 Å². The molecule has 0 heterocycles. The van der Waals surface area contributed by atoms with Crippen molar-refractivity contribution in [2.75, 3.05) is 0 Å². The molecule has 0 radical (unpaired) electrons. The minimum atomic E-state index is -4.04. The number of rotatable bonds is 2. The van der Waals surface area contributed by atoms with Crippen molar-refractivity contribution >= 4 is 46.4 Å². The zero-order valence-electron chi connectivity index (χ0n) is 5.02. The van der Waals surface area contributed by atoms with E-state index in [1.807, 2.05) is 0 Å². The van der Waals surface area contributed by atoms with Crippen LogP contribution in [0.4, 0.5) is 17.6 Å². The van der Waals surface area contributed by atoms with Gasteiger partial charge in [0.25, 0.3) is 0 Å². The van der Waals surface area contributed by atoms with Crippen molar-refractivity contribution in [3.8, 4) is 0 Å². The van der Waals surface area contributed by atoms with Gasteiger partial charge in [-0.1, -0.05) is 34.8 Å². The van der Waals surface area contributed by atoms with Crippen LogP contribution >= 0.6 is 46.4 Å². The Balaban J connectivity index is 5.01. The lowest BCUT2D eigenvalue weighted by Gasteiger charge is -2.21. The highest BCUT2D eigenvalue weighted by Gasteiger charge is 2.55. The Morgan fingerprint density at radius 3 is 1.42 bits per heavy atom. The largest absolute Gasteiger partial charge is 0.312 e. The van der Waals surface area contributed by atoms with E-state index in [-0.39, 0.29) is 0 Å². The van der Waals surface area contributed by atoms with Gasteiger partial charge < -0.3 is 0 Å². The average molecular weight is 266 g/mol. The average Bonchev–Trinajstić information content (AvgIpc) is 1.83. The molecule has 0 amide bonds. The number of hydrogen-bond donors (Lipinski definition) is 0. The Kier molecular flexibility index (Phi) is 3.98. The second kappa shape index (κ2) is 3.78. The van der Waals surface area contributed by atoms with Crippen molar-refractivity contribution in [3.05, 3.63) is 11.1 Å². The topological polar surface area (TPSA) is 0 Å². The maximum Gasteiger partial charge on any atom is 0.312 e. The summed E-state index contributed by atoms with van der Waals surface area (Å²) >= 11 is 17.8. The predicted molar refractivity (Wildman–Crippen MR) is 40.3 cm³/mol. The lowest BCUT2D eigenvalue weighted by molar-refractivity contribution is 0.160. The molecule has 0 fully saturated rings. The van der Waals surface area contributed by atoms with Gasteiger partial charge >= 0.3 is 9.72 Å². The first kappa shape index (κ1) is 12.6. The maximum atomic E-state index is 12.6. The van der Waals surface area contributed by atoms with E-state index in [1.54, 1.807) is 0 Å². The lowest BCUT2D eigenvalue weighted by atomic mass is 10.4. The van der Waals surface area contributed by atoms with Crippen molar-refractivity contribution in [1.82, 2.24) is 0 Å². The fraction of sp³-hybridized carbons (Fsp3) is 0.500. The first-order chi connectivity index (χ1) is 5.10. The van der Waals surface area contributed by atoms with Crippen LogP contribution in [0.2, 0.25) is 0 Å². The maximum absolute atomic E-state index is 12.6. The standard InChI is InChI=1S/C4Cl4F4/c5-2(10)1(9)3(6,11)4(7,8)12. The summed E-state index contributed by atoms with van der Waals surface area (Å²) in [5.41, 5.74) is 0. The number of alkyl halides is 5. The van der Waals surface area contributed by atoms with Crippen molar-refractivity contribution in [2.45, 2.75) is 9.72 Å². The van der Waals surface area contributed by atoms with Gasteiger partial charge in [0.2, 0.25) is 11.1 Å². The van der Waals surface area contributed by atoms with Gasteiger partial charge in [-0.2, -0.15) is 4.39 Å². The molecule has 8 heteroatoms. The fourth-order valence-electron chi connectivity index (χ4n) is 0.243. The molecule has 0 saturated carbocycles. The third-order valence-corrected chi connectivity index (χ3v) is 2.10. The Hall–Kier alpha value is 0.620. The fourth-order valence-corrected chi connectivity index (χ4v) is 0.671. The van der Waals surface area contributed by atoms with E-state index in [4.69, 9.17) is 0 Å². The Morgan fingerprint density at radius 2 is 1.33 bits per heavy atom. The van der Waals surface area contributed by atoms with Crippen molar-refractivity contribution in [1.29, 1.82) is 0 Å². The van der Waals surface area contributed by atoms with Crippen molar-refractivity contribution in [2.24, 2.45) is 0 Å². The Morgan fingerprint density at radius 1 is 1.00 bits per heavy atom. The van der Waals surface area contributed by atoms with Gasteiger partial charge in [-0.3, -0.25) is 0 Å². The normalized spacial score (nSPS) is 20.0. The summed E-state index contributed by atoms with van der Waals surface area (Å²) in [5.74, 6) is -2.42. The molecular formula is C4Cl4F4. The van der Waals surface area contributed by atoms with Gasteiger partial charge in [0, 0.05) is 0 Å². The van der Waals surface area contributed by atoms with Gasteiger partial charge in [0.05, 0.1) is 0 Å². The van der Waals surface area contributed by atoms with E-state index >= 15 is 0 Å². The molecule has 0 N–H and O–H groups in total. The molecule has 1 unspecified atom stereocenters. The Labute approximate surface area is 85.0 Å². The summed E-state index contributed by atoms with van der Waals surface area (Å²) < 4.78 is 45.1. The summed E-state index contributed by atoms with van der Waals surface area (Å²) in [4.78, 5) is 0. The number of allylic oxidation sites excluding steroid dienone is 1. The highest BCUT2D eigenvalue weighted by Crippen LogP contribution is 2.48. The first-order valence-corrected chi connectivity index (χ1v) is 3.77. The molecule has 0 spiro atoms. The smallest absolute Gasteiger partial charge is 0.211 e. The molecule has 0 nitrogen and oxygen atoms in total. The van der Waals surface area contributed by atoms with E-state index in [2.05, 4.69) is 46.4 Å². The van der Waals surface area contributed by atoms with Crippen LogP contribution in [-0.4, -0.2) is 9.72 Å². The van der Waals surface area contributed by atoms with E-state index in [1.165, 1.54) is 0 Å². The molecule has 0 aliphatic heterocycles. The van der Waals surface area contributed by atoms with Crippen LogP contribution < -0.4 is 0 Å². The summed E-state index contributed by atoms with van der Waals surface area (Å²) in [7, 11) is 0. The Bertz CT molecular complexity index is 202. The zero-order chi connectivity index (χ0) is 10.2. The molecule has 0 saturated heterocycles. The molecular weight excluding hydrogens is 266 g/mol. The molecule has 0 aromatic rings. The monoisotopic (exact) mass is 264 g/mol. The third kappa shape index (κ3) is 2.55. The zero-order valence-corrected chi connectivity index (χ0v) is 8.05. The summed E-state index contributed by atoms with van der Waals surface area (Å²) in [6.07, 6.45) is 0. The molecule has 0 aromatic heterocycles. The molecule has 72 valence electrons. The minimum absolute atomic E-state index is 2.16. The molecule has 0 aliphatic carbocycles. The first-order valence-electron chi connectivity index (χ1n) is 2.26. The highest BCUT2D eigenvalue weighted by atomic mass is 35.5. The summed E-state index contributed by atoms with van der Waals surface area (Å²) in [6, 6.07) is 0. The van der Waals surface area contributed by atoms with Crippen LogP contribution in [0.15, 0.2) is 11.1 Å². The van der Waals surface area contributed by atoms with E-state index < -0.39 is 20.8 Å². The summed E-state index contributed by atoms with van der Waals surface area (Å²) in [5, 5.41) is -6.20. The molecule has 0 rings (SSSR count). The molecule has 0 aromatic carbocycles. The highest BCUT2D eigenvalue weighted by molar-refractivity contribution is 6.52. The van der Waals surface area contributed by atoms with Crippen LogP contribution in [0.5, 0.6) is 0 Å². The van der Waals surface area contributed by atoms with Crippen molar-refractivity contribution in [3.63, 3.8) is 0 Å². The second-order valence-electron chi connectivity index (χ2n) is 1.65. The summed E-state index contributed by atoms with van der Waals surface area (Å²) in [6.45, 7) is 0. The molecule has 1 atom stereocenters. The van der Waals surface area contributed by atoms with E-state index in [0.717, 1.165) is 0 Å². The second-order valence-corrected chi connectivity index (χ2v) is 3.73. The third-order valence-electron chi connectivity index (χ3n) is 0.798. The molecule has 0 bridgehead atoms. The minimum Gasteiger partial charge on any atom is -0.211 e. The molecule has 0 aliphatic rings. The van der Waals surface area contributed by atoms with Gasteiger partial charge in [0.15, 0.2) is 0 Å². The van der Waals surface area contributed by atoms with Crippen molar-refractivity contribution < 1.29 is 17.6 Å². The van der Waals surface area contributed by atoms with Gasteiger partial charge in [-0.05, 0) is 11.6 Å². The number of halogens is 8. The number of hydrogen-bond acceptors (Lipinski definition) is 0. The predicted octanol–water partition coefficient (Wildman–Crippen LogP) is 4.34. The van der Waals surface area contributed by atoms with Crippen LogP contribution in [0, 0.1) is 0 Å². The van der Waals surface area contributed by atoms with Crippen LogP contribution in [0.1, 0.15) is 0 Å². The van der Waals surface area contributed by atoms with Gasteiger partial charge in [-0.15, -0.1) is 0 Å². The van der Waals surface area contributed by atoms with Crippen LogP contribution in [-0.2, 0) is 0 Å². The lowest BCUT2D eigenvalue weighted by Crippen LogP contribution is -2.34.